The summed E-state index contributed by atoms with van der Waals surface area (Å²) in [5.74, 6) is -0.515. The molecule has 0 aromatic heterocycles. The molecule has 1 rings (SSSR count). The third kappa shape index (κ3) is 2.60. The third-order valence-corrected chi connectivity index (χ3v) is 1.99. The highest BCUT2D eigenvalue weighted by Gasteiger charge is 2.12. The van der Waals surface area contributed by atoms with E-state index in [2.05, 4.69) is 6.58 Å². The summed E-state index contributed by atoms with van der Waals surface area (Å²) in [6.07, 6.45) is 0.415. The molecule has 0 radical (unpaired) electrons. The van der Waals surface area contributed by atoms with E-state index in [1.807, 2.05) is 0 Å². The summed E-state index contributed by atoms with van der Waals surface area (Å²) in [6.45, 7) is 3.97. The van der Waals surface area contributed by atoms with Crippen LogP contribution in [0.4, 0.5) is 10.1 Å². The van der Waals surface area contributed by atoms with Gasteiger partial charge in [0, 0.05) is 17.7 Å². The van der Waals surface area contributed by atoms with Gasteiger partial charge in [0.25, 0.3) is 5.69 Å². The number of nitro benzene ring substituents is 1. The molecule has 0 unspecified atom stereocenters. The highest BCUT2D eigenvalue weighted by Crippen LogP contribution is 2.23. The first kappa shape index (κ1) is 11.3. The van der Waals surface area contributed by atoms with Gasteiger partial charge in [0.2, 0.25) is 0 Å². The van der Waals surface area contributed by atoms with Crippen LogP contribution in [-0.4, -0.2) is 11.5 Å². The SMILES string of the molecule is C=C(CCN)c1cc([N+](=O)[O-])ccc1F. The van der Waals surface area contributed by atoms with Crippen molar-refractivity contribution in [1.29, 1.82) is 0 Å². The van der Waals surface area contributed by atoms with E-state index in [4.69, 9.17) is 5.73 Å². The molecule has 15 heavy (non-hydrogen) atoms. The van der Waals surface area contributed by atoms with Gasteiger partial charge in [-0.1, -0.05) is 6.58 Å². The van der Waals surface area contributed by atoms with Crippen molar-refractivity contribution in [2.45, 2.75) is 6.42 Å². The molecule has 0 aliphatic rings. The maximum absolute atomic E-state index is 13.3. The van der Waals surface area contributed by atoms with Crippen molar-refractivity contribution in [2.75, 3.05) is 6.54 Å². The number of rotatable bonds is 4. The second kappa shape index (κ2) is 4.65. The molecule has 0 heterocycles. The lowest BCUT2D eigenvalue weighted by Crippen LogP contribution is -2.01. The van der Waals surface area contributed by atoms with Crippen LogP contribution in [0.1, 0.15) is 12.0 Å². The van der Waals surface area contributed by atoms with Crippen molar-refractivity contribution in [2.24, 2.45) is 5.73 Å². The van der Waals surface area contributed by atoms with E-state index in [1.54, 1.807) is 0 Å². The number of hydrogen-bond acceptors (Lipinski definition) is 3. The van der Waals surface area contributed by atoms with E-state index < -0.39 is 10.7 Å². The van der Waals surface area contributed by atoms with Gasteiger partial charge in [-0.15, -0.1) is 0 Å². The largest absolute Gasteiger partial charge is 0.330 e. The molecule has 4 nitrogen and oxygen atoms in total. The third-order valence-electron chi connectivity index (χ3n) is 1.99. The highest BCUT2D eigenvalue weighted by atomic mass is 19.1. The van der Waals surface area contributed by atoms with Gasteiger partial charge < -0.3 is 5.73 Å². The summed E-state index contributed by atoms with van der Waals surface area (Å²) in [6, 6.07) is 3.36. The molecule has 0 aliphatic heterocycles. The molecular formula is C10H11FN2O2. The summed E-state index contributed by atoms with van der Waals surface area (Å²) < 4.78 is 13.3. The van der Waals surface area contributed by atoms with E-state index in [0.717, 1.165) is 12.1 Å². The van der Waals surface area contributed by atoms with Gasteiger partial charge in [-0.3, -0.25) is 10.1 Å². The fourth-order valence-corrected chi connectivity index (χ4v) is 1.21. The molecule has 1 aromatic rings. The minimum Gasteiger partial charge on any atom is -0.330 e. The quantitative estimate of drug-likeness (QED) is 0.611. The first-order valence-corrected chi connectivity index (χ1v) is 4.38. The summed E-state index contributed by atoms with van der Waals surface area (Å²) in [5, 5.41) is 10.5. The molecular weight excluding hydrogens is 199 g/mol. The fourth-order valence-electron chi connectivity index (χ4n) is 1.21. The van der Waals surface area contributed by atoms with Crippen LogP contribution in [0.5, 0.6) is 0 Å². The zero-order valence-electron chi connectivity index (χ0n) is 8.07. The Morgan fingerprint density at radius 2 is 2.27 bits per heavy atom. The predicted octanol–water partition coefficient (Wildman–Crippen LogP) is 2.10. The van der Waals surface area contributed by atoms with Crippen LogP contribution in [0, 0.1) is 15.9 Å². The van der Waals surface area contributed by atoms with Crippen LogP contribution >= 0.6 is 0 Å². The van der Waals surface area contributed by atoms with Crippen molar-refractivity contribution >= 4 is 11.3 Å². The Morgan fingerprint density at radius 3 is 2.80 bits per heavy atom. The zero-order valence-corrected chi connectivity index (χ0v) is 8.07. The van der Waals surface area contributed by atoms with Crippen LogP contribution in [0.15, 0.2) is 24.8 Å². The smallest absolute Gasteiger partial charge is 0.270 e. The monoisotopic (exact) mass is 210 g/mol. The van der Waals surface area contributed by atoms with E-state index in [1.165, 1.54) is 6.07 Å². The van der Waals surface area contributed by atoms with Gasteiger partial charge in [0.1, 0.15) is 5.82 Å². The van der Waals surface area contributed by atoms with Crippen LogP contribution in [0.3, 0.4) is 0 Å². The number of halogens is 1. The van der Waals surface area contributed by atoms with Gasteiger partial charge >= 0.3 is 0 Å². The number of non-ortho nitro benzene ring substituents is 1. The highest BCUT2D eigenvalue weighted by molar-refractivity contribution is 5.66. The molecule has 80 valence electrons. The molecule has 1 aromatic carbocycles. The maximum atomic E-state index is 13.3. The number of benzene rings is 1. The first-order valence-electron chi connectivity index (χ1n) is 4.38. The Hall–Kier alpha value is -1.75. The second-order valence-corrected chi connectivity index (χ2v) is 3.06. The van der Waals surface area contributed by atoms with Crippen LogP contribution in [-0.2, 0) is 0 Å². The topological polar surface area (TPSA) is 69.2 Å². The van der Waals surface area contributed by atoms with Crippen molar-refractivity contribution in [3.63, 3.8) is 0 Å². The van der Waals surface area contributed by atoms with Crippen molar-refractivity contribution < 1.29 is 9.31 Å². The Labute approximate surface area is 86.4 Å². The minimum absolute atomic E-state index is 0.149. The summed E-state index contributed by atoms with van der Waals surface area (Å²) in [7, 11) is 0. The van der Waals surface area contributed by atoms with E-state index in [0.29, 0.717) is 18.5 Å². The standard InChI is InChI=1S/C10H11FN2O2/c1-7(4-5-12)9-6-8(13(14)15)2-3-10(9)11/h2-3,6H,1,4-5,12H2. The minimum atomic E-state index is -0.571. The van der Waals surface area contributed by atoms with E-state index in [-0.39, 0.29) is 11.3 Å². The number of nitrogens with two attached hydrogens (primary N) is 1. The average Bonchev–Trinajstić information content (AvgIpc) is 2.18. The fraction of sp³-hybridized carbons (Fsp3) is 0.200. The molecule has 0 saturated carbocycles. The average molecular weight is 210 g/mol. The number of hydrogen-bond donors (Lipinski definition) is 1. The lowest BCUT2D eigenvalue weighted by Gasteiger charge is -2.05. The number of nitrogens with zero attached hydrogens (tertiary/aromatic N) is 1. The second-order valence-electron chi connectivity index (χ2n) is 3.06. The molecule has 5 heteroatoms. The number of nitro groups is 1. The van der Waals surface area contributed by atoms with Crippen LogP contribution < -0.4 is 5.73 Å². The Kier molecular flexibility index (Phi) is 3.51. The normalized spacial score (nSPS) is 10.0. The van der Waals surface area contributed by atoms with E-state index in [9.17, 15) is 14.5 Å². The van der Waals surface area contributed by atoms with Crippen molar-refractivity contribution in [1.82, 2.24) is 0 Å². The Morgan fingerprint density at radius 1 is 1.60 bits per heavy atom. The van der Waals surface area contributed by atoms with Crippen LogP contribution in [0.2, 0.25) is 0 Å². The molecule has 2 N–H and O–H groups in total. The lowest BCUT2D eigenvalue weighted by molar-refractivity contribution is -0.384. The Bertz CT molecular complexity index is 404. The summed E-state index contributed by atoms with van der Waals surface area (Å²) in [4.78, 5) is 9.90. The van der Waals surface area contributed by atoms with Crippen LogP contribution in [0.25, 0.3) is 5.57 Å². The predicted molar refractivity (Wildman–Crippen MR) is 55.8 cm³/mol. The van der Waals surface area contributed by atoms with Crippen molar-refractivity contribution in [3.8, 4) is 0 Å². The summed E-state index contributed by atoms with van der Waals surface area (Å²) >= 11 is 0. The van der Waals surface area contributed by atoms with Gasteiger partial charge in [0.05, 0.1) is 4.92 Å². The van der Waals surface area contributed by atoms with Gasteiger partial charge in [0.15, 0.2) is 0 Å². The molecule has 0 fully saturated rings. The maximum Gasteiger partial charge on any atom is 0.270 e. The molecule has 0 atom stereocenters. The molecule has 0 saturated heterocycles. The first-order chi connectivity index (χ1) is 7.06. The Balaban J connectivity index is 3.10. The molecule has 0 bridgehead atoms. The molecule has 0 aliphatic carbocycles. The van der Waals surface area contributed by atoms with E-state index >= 15 is 0 Å². The zero-order chi connectivity index (χ0) is 11.4. The van der Waals surface area contributed by atoms with Crippen molar-refractivity contribution in [3.05, 3.63) is 46.3 Å². The van der Waals surface area contributed by atoms with Gasteiger partial charge in [-0.05, 0) is 24.6 Å². The molecule has 0 spiro atoms. The summed E-state index contributed by atoms with van der Waals surface area (Å²) in [5.41, 5.74) is 5.78. The van der Waals surface area contributed by atoms with Gasteiger partial charge in [-0.25, -0.2) is 4.39 Å². The van der Waals surface area contributed by atoms with Gasteiger partial charge in [-0.2, -0.15) is 0 Å². The molecule has 0 amide bonds. The lowest BCUT2D eigenvalue weighted by atomic mass is 10.0.